The van der Waals surface area contributed by atoms with E-state index in [0.29, 0.717) is 23.2 Å². The molecule has 0 aliphatic carbocycles. The van der Waals surface area contributed by atoms with E-state index in [2.05, 4.69) is 32.6 Å². The van der Waals surface area contributed by atoms with E-state index in [-0.39, 0.29) is 5.97 Å². The third-order valence-corrected chi connectivity index (χ3v) is 2.95. The van der Waals surface area contributed by atoms with Gasteiger partial charge in [-0.25, -0.2) is 4.79 Å². The molecule has 0 spiro atoms. The van der Waals surface area contributed by atoms with E-state index in [1.54, 1.807) is 12.1 Å². The summed E-state index contributed by atoms with van der Waals surface area (Å²) < 4.78 is 4.75. The Kier molecular flexibility index (Phi) is 5.21. The number of esters is 1. The van der Waals surface area contributed by atoms with E-state index in [9.17, 15) is 4.79 Å². The van der Waals surface area contributed by atoms with Gasteiger partial charge in [-0.2, -0.15) is 0 Å². The van der Waals surface area contributed by atoms with Gasteiger partial charge in [0.05, 0.1) is 24.0 Å². The molecule has 0 saturated carbocycles. The summed E-state index contributed by atoms with van der Waals surface area (Å²) >= 11 is 0. The lowest BCUT2D eigenvalue weighted by atomic mass is 10.1. The maximum Gasteiger partial charge on any atom is 0.337 e. The molecule has 19 heavy (non-hydrogen) atoms. The van der Waals surface area contributed by atoms with Gasteiger partial charge >= 0.3 is 5.97 Å². The van der Waals surface area contributed by atoms with Crippen LogP contribution < -0.4 is 10.6 Å². The van der Waals surface area contributed by atoms with Crippen molar-refractivity contribution in [2.45, 2.75) is 33.7 Å². The Labute approximate surface area is 115 Å². The molecule has 1 rings (SSSR count). The van der Waals surface area contributed by atoms with Crippen LogP contribution in [0.5, 0.6) is 0 Å². The summed E-state index contributed by atoms with van der Waals surface area (Å²) in [5.41, 5.74) is 8.16. The molecule has 0 heterocycles. The number of anilines is 2. The molecule has 1 aromatic carbocycles. The van der Waals surface area contributed by atoms with Gasteiger partial charge in [0.15, 0.2) is 0 Å². The molecule has 1 aromatic rings. The topological polar surface area (TPSA) is 55.6 Å². The minimum atomic E-state index is -0.338. The molecule has 0 aliphatic heterocycles. The van der Waals surface area contributed by atoms with E-state index in [4.69, 9.17) is 10.5 Å². The zero-order valence-corrected chi connectivity index (χ0v) is 12.4. The summed E-state index contributed by atoms with van der Waals surface area (Å²) in [7, 11) is 1.38. The first-order valence-corrected chi connectivity index (χ1v) is 6.61. The van der Waals surface area contributed by atoms with Gasteiger partial charge in [0, 0.05) is 12.6 Å². The van der Waals surface area contributed by atoms with Gasteiger partial charge in [-0.3, -0.25) is 0 Å². The minimum Gasteiger partial charge on any atom is -0.465 e. The summed E-state index contributed by atoms with van der Waals surface area (Å²) in [4.78, 5) is 13.8. The van der Waals surface area contributed by atoms with Crippen LogP contribution in [0.3, 0.4) is 0 Å². The molecule has 0 bridgehead atoms. The summed E-state index contributed by atoms with van der Waals surface area (Å²) in [6.45, 7) is 9.46. The second kappa shape index (κ2) is 6.45. The molecule has 4 heteroatoms. The molecule has 0 saturated heterocycles. The Balaban J connectivity index is 3.17. The number of carbonyl (C=O) groups excluding carboxylic acids is 1. The van der Waals surface area contributed by atoms with Gasteiger partial charge in [0.2, 0.25) is 0 Å². The maximum absolute atomic E-state index is 11.6. The van der Waals surface area contributed by atoms with Gasteiger partial charge in [0.25, 0.3) is 0 Å². The zero-order chi connectivity index (χ0) is 14.6. The Hall–Kier alpha value is -1.71. The first-order chi connectivity index (χ1) is 8.86. The van der Waals surface area contributed by atoms with Crippen molar-refractivity contribution in [1.29, 1.82) is 0 Å². The van der Waals surface area contributed by atoms with Crippen LogP contribution in [0.25, 0.3) is 0 Å². The fourth-order valence-electron chi connectivity index (χ4n) is 2.02. The maximum atomic E-state index is 11.6. The van der Waals surface area contributed by atoms with Crippen LogP contribution in [-0.4, -0.2) is 25.7 Å². The van der Waals surface area contributed by atoms with Gasteiger partial charge in [-0.05, 0) is 38.0 Å². The third kappa shape index (κ3) is 3.88. The highest BCUT2D eigenvalue weighted by atomic mass is 16.5. The number of benzene rings is 1. The second-order valence-corrected chi connectivity index (χ2v) is 5.41. The van der Waals surface area contributed by atoms with E-state index in [1.165, 1.54) is 7.11 Å². The molecular weight excluding hydrogens is 240 g/mol. The van der Waals surface area contributed by atoms with Gasteiger partial charge in [-0.15, -0.1) is 0 Å². The van der Waals surface area contributed by atoms with Crippen molar-refractivity contribution >= 4 is 17.3 Å². The molecule has 0 aliphatic rings. The average Bonchev–Trinajstić information content (AvgIpc) is 2.35. The number of rotatable bonds is 5. The molecule has 0 radical (unpaired) electrons. The standard InChI is InChI=1S/C15H24N2O2/c1-10(2)9-17(11(3)4)14-8-12(15(18)19-5)6-7-13(14)16/h6-8,10-11H,9,16H2,1-5H3. The van der Waals surface area contributed by atoms with Crippen LogP contribution in [0.1, 0.15) is 38.1 Å². The number of nitrogens with zero attached hydrogens (tertiary/aromatic N) is 1. The van der Waals surface area contributed by atoms with Crippen molar-refractivity contribution in [2.24, 2.45) is 5.92 Å². The summed E-state index contributed by atoms with van der Waals surface area (Å²) in [5, 5.41) is 0. The molecule has 4 nitrogen and oxygen atoms in total. The molecule has 106 valence electrons. The van der Waals surface area contributed by atoms with Crippen LogP contribution in [0.15, 0.2) is 18.2 Å². The van der Waals surface area contributed by atoms with Crippen LogP contribution in [0.4, 0.5) is 11.4 Å². The Morgan fingerprint density at radius 2 is 1.95 bits per heavy atom. The molecule has 0 atom stereocenters. The van der Waals surface area contributed by atoms with Crippen molar-refractivity contribution in [3.05, 3.63) is 23.8 Å². The van der Waals surface area contributed by atoms with Crippen LogP contribution in [0, 0.1) is 5.92 Å². The predicted molar refractivity (Wildman–Crippen MR) is 79.5 cm³/mol. The Morgan fingerprint density at radius 1 is 1.32 bits per heavy atom. The van der Waals surface area contributed by atoms with Crippen molar-refractivity contribution in [2.75, 3.05) is 24.3 Å². The lowest BCUT2D eigenvalue weighted by Gasteiger charge is -2.32. The summed E-state index contributed by atoms with van der Waals surface area (Å²) in [5.74, 6) is 0.179. The van der Waals surface area contributed by atoms with Crippen molar-refractivity contribution in [3.8, 4) is 0 Å². The highest BCUT2D eigenvalue weighted by molar-refractivity contribution is 5.92. The molecule has 0 amide bonds. The molecular formula is C15H24N2O2. The number of ether oxygens (including phenoxy) is 1. The van der Waals surface area contributed by atoms with Gasteiger partial charge < -0.3 is 15.4 Å². The largest absolute Gasteiger partial charge is 0.465 e. The van der Waals surface area contributed by atoms with Gasteiger partial charge in [0.1, 0.15) is 0 Å². The molecule has 0 aromatic heterocycles. The highest BCUT2D eigenvalue weighted by Crippen LogP contribution is 2.27. The van der Waals surface area contributed by atoms with Crippen LogP contribution >= 0.6 is 0 Å². The van der Waals surface area contributed by atoms with E-state index >= 15 is 0 Å². The first-order valence-electron chi connectivity index (χ1n) is 6.61. The van der Waals surface area contributed by atoms with Gasteiger partial charge in [-0.1, -0.05) is 13.8 Å². The van der Waals surface area contributed by atoms with Crippen LogP contribution in [0.2, 0.25) is 0 Å². The number of nitrogen functional groups attached to an aromatic ring is 1. The minimum absolute atomic E-state index is 0.317. The smallest absolute Gasteiger partial charge is 0.337 e. The predicted octanol–water partition coefficient (Wildman–Crippen LogP) is 2.93. The number of methoxy groups -OCH3 is 1. The van der Waals surface area contributed by atoms with E-state index < -0.39 is 0 Å². The number of nitrogens with two attached hydrogens (primary N) is 1. The normalized spacial score (nSPS) is 10.9. The quantitative estimate of drug-likeness (QED) is 0.656. The SMILES string of the molecule is COC(=O)c1ccc(N)c(N(CC(C)C)C(C)C)c1. The second-order valence-electron chi connectivity index (χ2n) is 5.41. The fraction of sp³-hybridized carbons (Fsp3) is 0.533. The van der Waals surface area contributed by atoms with Crippen molar-refractivity contribution in [1.82, 2.24) is 0 Å². The number of hydrogen-bond donors (Lipinski definition) is 1. The van der Waals surface area contributed by atoms with E-state index in [1.807, 2.05) is 6.07 Å². The monoisotopic (exact) mass is 264 g/mol. The molecule has 2 N–H and O–H groups in total. The van der Waals surface area contributed by atoms with E-state index in [0.717, 1.165) is 12.2 Å². The van der Waals surface area contributed by atoms with Crippen molar-refractivity contribution < 1.29 is 9.53 Å². The third-order valence-electron chi connectivity index (χ3n) is 2.95. The number of carbonyl (C=O) groups is 1. The molecule has 0 fully saturated rings. The number of hydrogen-bond acceptors (Lipinski definition) is 4. The molecule has 0 unspecified atom stereocenters. The lowest BCUT2D eigenvalue weighted by molar-refractivity contribution is 0.0601. The first kappa shape index (κ1) is 15.3. The average molecular weight is 264 g/mol. The fourth-order valence-corrected chi connectivity index (χ4v) is 2.02. The van der Waals surface area contributed by atoms with Crippen LogP contribution in [-0.2, 0) is 4.74 Å². The Bertz CT molecular complexity index is 442. The Morgan fingerprint density at radius 3 is 2.42 bits per heavy atom. The summed E-state index contributed by atoms with van der Waals surface area (Å²) in [6.07, 6.45) is 0. The lowest BCUT2D eigenvalue weighted by Crippen LogP contribution is -2.34. The summed E-state index contributed by atoms with van der Waals surface area (Å²) in [6, 6.07) is 5.58. The van der Waals surface area contributed by atoms with Crippen molar-refractivity contribution in [3.63, 3.8) is 0 Å². The highest BCUT2D eigenvalue weighted by Gasteiger charge is 2.17. The zero-order valence-electron chi connectivity index (χ0n) is 12.4.